The lowest BCUT2D eigenvalue weighted by Gasteiger charge is -2.06. The molecule has 1 aromatic carbocycles. The first kappa shape index (κ1) is 12.7. The van der Waals surface area contributed by atoms with E-state index in [2.05, 4.69) is 20.9 Å². The second-order valence-electron chi connectivity index (χ2n) is 3.52. The van der Waals surface area contributed by atoms with Gasteiger partial charge in [0.1, 0.15) is 24.7 Å². The van der Waals surface area contributed by atoms with Crippen molar-refractivity contribution in [3.05, 3.63) is 52.8 Å². The largest absolute Gasteiger partial charge is 0.490 e. The maximum absolute atomic E-state index is 11.4. The number of nitrogens with one attached hydrogen (secondary N) is 1. The van der Waals surface area contributed by atoms with Crippen LogP contribution in [0, 0.1) is 0 Å². The molecule has 94 valence electrons. The molecule has 0 radical (unpaired) electrons. The van der Waals surface area contributed by atoms with Crippen LogP contribution < -0.4 is 4.74 Å². The maximum atomic E-state index is 11.4. The van der Waals surface area contributed by atoms with E-state index >= 15 is 0 Å². The Morgan fingerprint density at radius 3 is 2.61 bits per heavy atom. The molecule has 0 bridgehead atoms. The SMILES string of the molecule is O=C(OCCOc1ccc(Br)cc1)c1ccc[nH]1. The van der Waals surface area contributed by atoms with Gasteiger partial charge in [-0.2, -0.15) is 0 Å². The average Bonchev–Trinajstić information content (AvgIpc) is 2.90. The molecule has 0 unspecified atom stereocenters. The Balaban J connectivity index is 1.70. The Kier molecular flexibility index (Phi) is 4.41. The second-order valence-corrected chi connectivity index (χ2v) is 4.44. The van der Waals surface area contributed by atoms with Crippen molar-refractivity contribution in [3.63, 3.8) is 0 Å². The molecule has 0 aliphatic carbocycles. The van der Waals surface area contributed by atoms with Crippen molar-refractivity contribution >= 4 is 21.9 Å². The van der Waals surface area contributed by atoms with Crippen LogP contribution in [0.15, 0.2) is 47.1 Å². The minimum atomic E-state index is -0.376. The summed E-state index contributed by atoms with van der Waals surface area (Å²) in [7, 11) is 0. The third-order valence-electron chi connectivity index (χ3n) is 2.22. The normalized spacial score (nSPS) is 10.1. The third-order valence-corrected chi connectivity index (χ3v) is 2.75. The minimum Gasteiger partial charge on any atom is -0.490 e. The number of halogens is 1. The van der Waals surface area contributed by atoms with E-state index in [0.29, 0.717) is 12.3 Å². The van der Waals surface area contributed by atoms with Crippen molar-refractivity contribution in [2.24, 2.45) is 0 Å². The molecule has 1 heterocycles. The number of aromatic nitrogens is 1. The summed E-state index contributed by atoms with van der Waals surface area (Å²) in [4.78, 5) is 14.2. The molecule has 1 N–H and O–H groups in total. The Bertz CT molecular complexity index is 493. The number of hydrogen-bond acceptors (Lipinski definition) is 3. The topological polar surface area (TPSA) is 51.3 Å². The van der Waals surface area contributed by atoms with Crippen molar-refractivity contribution in [1.82, 2.24) is 4.98 Å². The Hall–Kier alpha value is -1.75. The van der Waals surface area contributed by atoms with E-state index in [1.807, 2.05) is 24.3 Å². The van der Waals surface area contributed by atoms with Gasteiger partial charge in [0.05, 0.1) is 0 Å². The van der Waals surface area contributed by atoms with Gasteiger partial charge in [-0.1, -0.05) is 15.9 Å². The number of esters is 1. The van der Waals surface area contributed by atoms with Crippen molar-refractivity contribution in [1.29, 1.82) is 0 Å². The fourth-order valence-corrected chi connectivity index (χ4v) is 1.62. The van der Waals surface area contributed by atoms with Crippen LogP contribution in [-0.4, -0.2) is 24.2 Å². The van der Waals surface area contributed by atoms with Gasteiger partial charge in [-0.25, -0.2) is 4.79 Å². The molecule has 1 aromatic heterocycles. The van der Waals surface area contributed by atoms with Gasteiger partial charge in [-0.05, 0) is 36.4 Å². The fraction of sp³-hybridized carbons (Fsp3) is 0.154. The standard InChI is InChI=1S/C13H12BrNO3/c14-10-3-5-11(6-4-10)17-8-9-18-13(16)12-2-1-7-15-12/h1-7,15H,8-9H2. The van der Waals surface area contributed by atoms with E-state index in [-0.39, 0.29) is 12.6 Å². The van der Waals surface area contributed by atoms with Crippen LogP contribution in [-0.2, 0) is 4.74 Å². The summed E-state index contributed by atoms with van der Waals surface area (Å²) in [6.45, 7) is 0.544. The zero-order chi connectivity index (χ0) is 12.8. The van der Waals surface area contributed by atoms with E-state index in [0.717, 1.165) is 10.2 Å². The predicted octanol–water partition coefficient (Wildman–Crippen LogP) is 3.01. The number of hydrogen-bond donors (Lipinski definition) is 1. The van der Waals surface area contributed by atoms with Gasteiger partial charge >= 0.3 is 5.97 Å². The number of carbonyl (C=O) groups is 1. The molecular weight excluding hydrogens is 298 g/mol. The minimum absolute atomic E-state index is 0.216. The maximum Gasteiger partial charge on any atom is 0.354 e. The van der Waals surface area contributed by atoms with Gasteiger partial charge < -0.3 is 14.5 Å². The highest BCUT2D eigenvalue weighted by molar-refractivity contribution is 9.10. The van der Waals surface area contributed by atoms with Crippen LogP contribution in [0.2, 0.25) is 0 Å². The van der Waals surface area contributed by atoms with Crippen LogP contribution in [0.1, 0.15) is 10.5 Å². The van der Waals surface area contributed by atoms with E-state index in [1.165, 1.54) is 0 Å². The molecule has 0 spiro atoms. The smallest absolute Gasteiger partial charge is 0.354 e. The number of rotatable bonds is 5. The summed E-state index contributed by atoms with van der Waals surface area (Å²) < 4.78 is 11.4. The Labute approximate surface area is 113 Å². The lowest BCUT2D eigenvalue weighted by Crippen LogP contribution is -2.12. The molecule has 0 fully saturated rings. The first-order valence-electron chi connectivity index (χ1n) is 5.44. The summed E-state index contributed by atoms with van der Waals surface area (Å²) in [5.74, 6) is 0.369. The van der Waals surface area contributed by atoms with Crippen LogP contribution in [0.25, 0.3) is 0 Å². The van der Waals surface area contributed by atoms with Gasteiger partial charge in [-0.15, -0.1) is 0 Å². The Morgan fingerprint density at radius 2 is 1.94 bits per heavy atom. The summed E-state index contributed by atoms with van der Waals surface area (Å²) >= 11 is 3.34. The molecule has 0 saturated carbocycles. The molecule has 18 heavy (non-hydrogen) atoms. The number of H-pyrrole nitrogens is 1. The molecule has 5 heteroatoms. The average molecular weight is 310 g/mol. The van der Waals surface area contributed by atoms with Crippen molar-refractivity contribution in [2.45, 2.75) is 0 Å². The van der Waals surface area contributed by atoms with Crippen LogP contribution in [0.4, 0.5) is 0 Å². The van der Waals surface area contributed by atoms with E-state index in [4.69, 9.17) is 9.47 Å². The van der Waals surface area contributed by atoms with Gasteiger partial charge in [0, 0.05) is 10.7 Å². The van der Waals surface area contributed by atoms with Gasteiger partial charge in [0.15, 0.2) is 0 Å². The summed E-state index contributed by atoms with van der Waals surface area (Å²) in [5.41, 5.74) is 0.443. The third kappa shape index (κ3) is 3.63. The summed E-state index contributed by atoms with van der Waals surface area (Å²) in [6, 6.07) is 10.9. The zero-order valence-electron chi connectivity index (χ0n) is 9.56. The highest BCUT2D eigenvalue weighted by Gasteiger charge is 2.06. The lowest BCUT2D eigenvalue weighted by molar-refractivity contribution is 0.0444. The number of carbonyl (C=O) groups excluding carboxylic acids is 1. The predicted molar refractivity (Wildman–Crippen MR) is 70.7 cm³/mol. The summed E-state index contributed by atoms with van der Waals surface area (Å²) in [6.07, 6.45) is 1.68. The van der Waals surface area contributed by atoms with E-state index in [1.54, 1.807) is 18.3 Å². The second kappa shape index (κ2) is 6.26. The molecule has 2 rings (SSSR count). The fourth-order valence-electron chi connectivity index (χ4n) is 1.36. The van der Waals surface area contributed by atoms with Crippen LogP contribution in [0.3, 0.4) is 0 Å². The number of ether oxygens (including phenoxy) is 2. The molecule has 0 atom stereocenters. The quantitative estimate of drug-likeness (QED) is 0.682. The van der Waals surface area contributed by atoms with Crippen molar-refractivity contribution in [3.8, 4) is 5.75 Å². The van der Waals surface area contributed by atoms with Gasteiger partial charge in [0.2, 0.25) is 0 Å². The van der Waals surface area contributed by atoms with Gasteiger partial charge in [0.25, 0.3) is 0 Å². The molecule has 0 amide bonds. The molecule has 4 nitrogen and oxygen atoms in total. The van der Waals surface area contributed by atoms with E-state index in [9.17, 15) is 4.79 Å². The number of benzene rings is 1. The molecular formula is C13H12BrNO3. The highest BCUT2D eigenvalue weighted by atomic mass is 79.9. The highest BCUT2D eigenvalue weighted by Crippen LogP contribution is 2.15. The van der Waals surface area contributed by atoms with Gasteiger partial charge in [-0.3, -0.25) is 0 Å². The lowest BCUT2D eigenvalue weighted by atomic mass is 10.3. The molecule has 0 aliphatic heterocycles. The van der Waals surface area contributed by atoms with Crippen LogP contribution >= 0.6 is 15.9 Å². The zero-order valence-corrected chi connectivity index (χ0v) is 11.1. The van der Waals surface area contributed by atoms with Crippen LogP contribution in [0.5, 0.6) is 5.75 Å². The molecule has 0 aliphatic rings. The molecule has 2 aromatic rings. The first-order valence-corrected chi connectivity index (χ1v) is 6.24. The van der Waals surface area contributed by atoms with E-state index < -0.39 is 0 Å². The Morgan fingerprint density at radius 1 is 1.17 bits per heavy atom. The number of aromatic amines is 1. The van der Waals surface area contributed by atoms with Crippen molar-refractivity contribution < 1.29 is 14.3 Å². The first-order chi connectivity index (χ1) is 8.75. The summed E-state index contributed by atoms with van der Waals surface area (Å²) in [5, 5.41) is 0. The monoisotopic (exact) mass is 309 g/mol. The molecule has 0 saturated heterocycles. The van der Waals surface area contributed by atoms with Crippen molar-refractivity contribution in [2.75, 3.05) is 13.2 Å².